The van der Waals surface area contributed by atoms with E-state index >= 15 is 0 Å². The van der Waals surface area contributed by atoms with E-state index in [0.717, 1.165) is 13.1 Å². The van der Waals surface area contributed by atoms with Crippen LogP contribution in [0.25, 0.3) is 0 Å². The van der Waals surface area contributed by atoms with Crippen LogP contribution in [0.3, 0.4) is 0 Å². The van der Waals surface area contributed by atoms with Gasteiger partial charge in [0.05, 0.1) is 0 Å². The maximum Gasteiger partial charge on any atom is 0.0431 e. The van der Waals surface area contributed by atoms with Gasteiger partial charge in [-0.1, -0.05) is 19.1 Å². The number of rotatable bonds is 3. The summed E-state index contributed by atoms with van der Waals surface area (Å²) >= 11 is 0. The Bertz CT molecular complexity index is 380. The van der Waals surface area contributed by atoms with Gasteiger partial charge in [0.2, 0.25) is 0 Å². The van der Waals surface area contributed by atoms with E-state index in [2.05, 4.69) is 29.3 Å². The molecular formula is C15H22N2. The molecule has 0 radical (unpaired) electrons. The average molecular weight is 230 g/mol. The van der Waals surface area contributed by atoms with Crippen LogP contribution in [0.2, 0.25) is 0 Å². The molecule has 2 aliphatic heterocycles. The van der Waals surface area contributed by atoms with Crippen molar-refractivity contribution >= 4 is 5.69 Å². The molecule has 92 valence electrons. The normalized spacial score (nSPS) is 18.1. The first-order valence-corrected chi connectivity index (χ1v) is 6.99. The molecule has 1 N–H and O–H groups in total. The molecule has 1 aromatic carbocycles. The number of aryl methyl sites for hydroxylation is 2. The molecule has 0 saturated heterocycles. The maximum absolute atomic E-state index is 3.44. The smallest absolute Gasteiger partial charge is 0.0431 e. The molecule has 2 aliphatic rings. The fourth-order valence-electron chi connectivity index (χ4n) is 3.25. The summed E-state index contributed by atoms with van der Waals surface area (Å²) in [5.74, 6) is 0. The molecule has 2 heterocycles. The SMILES string of the molecule is CCNCc1cc2c3c(c1)CCCN3CCC2. The van der Waals surface area contributed by atoms with Crippen molar-refractivity contribution in [3.8, 4) is 0 Å². The van der Waals surface area contributed by atoms with E-state index in [-0.39, 0.29) is 0 Å². The molecule has 0 saturated carbocycles. The minimum atomic E-state index is 1.02. The Balaban J connectivity index is 1.96. The van der Waals surface area contributed by atoms with E-state index in [9.17, 15) is 0 Å². The molecule has 1 aromatic rings. The maximum atomic E-state index is 3.44. The molecule has 0 fully saturated rings. The molecule has 0 spiro atoms. The van der Waals surface area contributed by atoms with Crippen molar-refractivity contribution in [3.05, 3.63) is 28.8 Å². The quantitative estimate of drug-likeness (QED) is 0.858. The summed E-state index contributed by atoms with van der Waals surface area (Å²) in [6.45, 7) is 6.79. The summed E-state index contributed by atoms with van der Waals surface area (Å²) in [4.78, 5) is 2.61. The second-order valence-corrected chi connectivity index (χ2v) is 5.24. The fourth-order valence-corrected chi connectivity index (χ4v) is 3.25. The predicted molar refractivity (Wildman–Crippen MR) is 72.7 cm³/mol. The highest BCUT2D eigenvalue weighted by atomic mass is 15.1. The van der Waals surface area contributed by atoms with Gasteiger partial charge in [-0.2, -0.15) is 0 Å². The topological polar surface area (TPSA) is 15.3 Å². The van der Waals surface area contributed by atoms with Gasteiger partial charge in [0.1, 0.15) is 0 Å². The van der Waals surface area contributed by atoms with Crippen LogP contribution in [-0.2, 0) is 19.4 Å². The Morgan fingerprint density at radius 2 is 1.76 bits per heavy atom. The Morgan fingerprint density at radius 3 is 2.35 bits per heavy atom. The third-order valence-electron chi connectivity index (χ3n) is 3.97. The molecule has 0 unspecified atom stereocenters. The number of anilines is 1. The van der Waals surface area contributed by atoms with Crippen molar-refractivity contribution < 1.29 is 0 Å². The van der Waals surface area contributed by atoms with Gasteiger partial charge in [-0.05, 0) is 48.9 Å². The largest absolute Gasteiger partial charge is 0.371 e. The second-order valence-electron chi connectivity index (χ2n) is 5.24. The Hall–Kier alpha value is -1.02. The first-order chi connectivity index (χ1) is 8.38. The Labute approximate surface area is 104 Å². The van der Waals surface area contributed by atoms with Gasteiger partial charge >= 0.3 is 0 Å². The van der Waals surface area contributed by atoms with Gasteiger partial charge in [-0.15, -0.1) is 0 Å². The van der Waals surface area contributed by atoms with Crippen LogP contribution in [0.4, 0.5) is 5.69 Å². The zero-order valence-corrected chi connectivity index (χ0v) is 10.8. The summed E-state index contributed by atoms with van der Waals surface area (Å²) in [6.07, 6.45) is 5.21. The summed E-state index contributed by atoms with van der Waals surface area (Å²) in [5, 5.41) is 3.44. The number of benzene rings is 1. The van der Waals surface area contributed by atoms with Crippen LogP contribution < -0.4 is 10.2 Å². The van der Waals surface area contributed by atoms with Gasteiger partial charge in [0.15, 0.2) is 0 Å². The van der Waals surface area contributed by atoms with E-state index in [1.54, 1.807) is 16.8 Å². The van der Waals surface area contributed by atoms with E-state index < -0.39 is 0 Å². The van der Waals surface area contributed by atoms with Crippen LogP contribution in [-0.4, -0.2) is 19.6 Å². The minimum absolute atomic E-state index is 1.02. The Morgan fingerprint density at radius 1 is 1.12 bits per heavy atom. The van der Waals surface area contributed by atoms with Crippen LogP contribution in [0, 0.1) is 0 Å². The minimum Gasteiger partial charge on any atom is -0.371 e. The molecule has 0 amide bonds. The zero-order chi connectivity index (χ0) is 11.7. The van der Waals surface area contributed by atoms with Crippen LogP contribution in [0.1, 0.15) is 36.5 Å². The summed E-state index contributed by atoms with van der Waals surface area (Å²) in [6, 6.07) is 4.86. The van der Waals surface area contributed by atoms with Crippen molar-refractivity contribution in [2.24, 2.45) is 0 Å². The molecule has 0 atom stereocenters. The number of nitrogens with one attached hydrogen (secondary N) is 1. The molecule has 2 nitrogen and oxygen atoms in total. The van der Waals surface area contributed by atoms with E-state index in [1.807, 2.05) is 0 Å². The molecular weight excluding hydrogens is 208 g/mol. The van der Waals surface area contributed by atoms with Crippen molar-refractivity contribution in [2.45, 2.75) is 39.2 Å². The standard InChI is InChI=1S/C15H22N2/c1-2-16-11-12-9-13-5-3-7-17-8-4-6-14(10-12)15(13)17/h9-10,16H,2-8,11H2,1H3. The summed E-state index contributed by atoms with van der Waals surface area (Å²) in [5.41, 5.74) is 6.26. The van der Waals surface area contributed by atoms with Crippen LogP contribution >= 0.6 is 0 Å². The number of nitrogens with zero attached hydrogens (tertiary/aromatic N) is 1. The van der Waals surface area contributed by atoms with Crippen LogP contribution in [0.5, 0.6) is 0 Å². The van der Waals surface area contributed by atoms with Crippen LogP contribution in [0.15, 0.2) is 12.1 Å². The average Bonchev–Trinajstić information content (AvgIpc) is 2.37. The summed E-state index contributed by atoms with van der Waals surface area (Å²) < 4.78 is 0. The highest BCUT2D eigenvalue weighted by molar-refractivity contribution is 5.64. The van der Waals surface area contributed by atoms with E-state index in [0.29, 0.717) is 0 Å². The zero-order valence-electron chi connectivity index (χ0n) is 10.8. The molecule has 0 aromatic heterocycles. The first-order valence-electron chi connectivity index (χ1n) is 6.99. The molecule has 17 heavy (non-hydrogen) atoms. The lowest BCUT2D eigenvalue weighted by Crippen LogP contribution is -2.34. The molecule has 2 heteroatoms. The Kier molecular flexibility index (Phi) is 3.06. The van der Waals surface area contributed by atoms with Gasteiger partial charge in [0.25, 0.3) is 0 Å². The molecule has 3 rings (SSSR count). The summed E-state index contributed by atoms with van der Waals surface area (Å²) in [7, 11) is 0. The van der Waals surface area contributed by atoms with E-state index in [4.69, 9.17) is 0 Å². The molecule has 0 aliphatic carbocycles. The third kappa shape index (κ3) is 2.06. The van der Waals surface area contributed by atoms with E-state index in [1.165, 1.54) is 44.3 Å². The fraction of sp³-hybridized carbons (Fsp3) is 0.600. The third-order valence-corrected chi connectivity index (χ3v) is 3.97. The monoisotopic (exact) mass is 230 g/mol. The van der Waals surface area contributed by atoms with Gasteiger partial charge < -0.3 is 10.2 Å². The first kappa shape index (κ1) is 11.1. The highest BCUT2D eigenvalue weighted by Gasteiger charge is 2.23. The predicted octanol–water partition coefficient (Wildman–Crippen LogP) is 2.49. The lowest BCUT2D eigenvalue weighted by molar-refractivity contribution is 0.630. The van der Waals surface area contributed by atoms with Crippen molar-refractivity contribution in [1.29, 1.82) is 0 Å². The van der Waals surface area contributed by atoms with Gasteiger partial charge in [-0.25, -0.2) is 0 Å². The number of hydrogen-bond acceptors (Lipinski definition) is 2. The van der Waals surface area contributed by atoms with Crippen molar-refractivity contribution in [3.63, 3.8) is 0 Å². The van der Waals surface area contributed by atoms with Crippen molar-refractivity contribution in [2.75, 3.05) is 24.5 Å². The van der Waals surface area contributed by atoms with Crippen molar-refractivity contribution in [1.82, 2.24) is 5.32 Å². The highest BCUT2D eigenvalue weighted by Crippen LogP contribution is 2.35. The number of hydrogen-bond donors (Lipinski definition) is 1. The molecule has 0 bridgehead atoms. The second kappa shape index (κ2) is 4.69. The lowest BCUT2D eigenvalue weighted by Gasteiger charge is -2.37. The lowest BCUT2D eigenvalue weighted by atomic mass is 9.90. The van der Waals surface area contributed by atoms with Gasteiger partial charge in [-0.3, -0.25) is 0 Å². The van der Waals surface area contributed by atoms with Gasteiger partial charge in [0, 0.05) is 25.3 Å².